The van der Waals surface area contributed by atoms with E-state index < -0.39 is 0 Å². The molecule has 0 saturated carbocycles. The molecule has 20 heavy (non-hydrogen) atoms. The maximum Gasteiger partial charge on any atom is 0.233 e. The molecule has 2 amide bonds. The molecule has 6 nitrogen and oxygen atoms in total. The van der Waals surface area contributed by atoms with Crippen LogP contribution in [0.5, 0.6) is 5.75 Å². The van der Waals surface area contributed by atoms with Crippen LogP contribution in [0.2, 0.25) is 0 Å². The van der Waals surface area contributed by atoms with Gasteiger partial charge in [-0.05, 0) is 18.1 Å². The summed E-state index contributed by atoms with van der Waals surface area (Å²) in [6, 6.07) is 7.70. The highest BCUT2D eigenvalue weighted by molar-refractivity contribution is 5.80. The number of hydrogen-bond acceptors (Lipinski definition) is 4. The SMILES string of the molecule is CNC(=O)CNCC(=O)NCCc1ccccc1OC. The number of carbonyl (C=O) groups is 2. The summed E-state index contributed by atoms with van der Waals surface area (Å²) in [5.74, 6) is 0.537. The normalized spacial score (nSPS) is 9.90. The Hall–Kier alpha value is -2.08. The van der Waals surface area contributed by atoms with Gasteiger partial charge in [-0.2, -0.15) is 0 Å². The van der Waals surface area contributed by atoms with Crippen molar-refractivity contribution in [1.82, 2.24) is 16.0 Å². The minimum Gasteiger partial charge on any atom is -0.496 e. The van der Waals surface area contributed by atoms with Crippen LogP contribution >= 0.6 is 0 Å². The van der Waals surface area contributed by atoms with E-state index in [0.29, 0.717) is 13.0 Å². The van der Waals surface area contributed by atoms with Crippen LogP contribution in [-0.4, -0.2) is 45.6 Å². The lowest BCUT2D eigenvalue weighted by molar-refractivity contribution is -0.121. The van der Waals surface area contributed by atoms with E-state index >= 15 is 0 Å². The molecule has 0 aliphatic heterocycles. The van der Waals surface area contributed by atoms with Crippen LogP contribution in [0.4, 0.5) is 0 Å². The molecule has 0 fully saturated rings. The molecular formula is C14H21N3O3. The lowest BCUT2D eigenvalue weighted by Crippen LogP contribution is -2.39. The van der Waals surface area contributed by atoms with Gasteiger partial charge in [-0.25, -0.2) is 0 Å². The summed E-state index contributed by atoms with van der Waals surface area (Å²) in [4.78, 5) is 22.5. The van der Waals surface area contributed by atoms with Gasteiger partial charge in [0.15, 0.2) is 0 Å². The third-order valence-corrected chi connectivity index (χ3v) is 2.76. The number of carbonyl (C=O) groups excluding carboxylic acids is 2. The summed E-state index contributed by atoms with van der Waals surface area (Å²) in [7, 11) is 3.18. The highest BCUT2D eigenvalue weighted by Gasteiger charge is 2.04. The molecule has 0 bridgehead atoms. The van der Waals surface area contributed by atoms with E-state index in [2.05, 4.69) is 16.0 Å². The van der Waals surface area contributed by atoms with Crippen molar-refractivity contribution in [1.29, 1.82) is 0 Å². The Morgan fingerprint density at radius 2 is 1.85 bits per heavy atom. The van der Waals surface area contributed by atoms with Gasteiger partial charge in [-0.1, -0.05) is 18.2 Å². The van der Waals surface area contributed by atoms with Gasteiger partial charge in [-0.15, -0.1) is 0 Å². The molecular weight excluding hydrogens is 258 g/mol. The highest BCUT2D eigenvalue weighted by Crippen LogP contribution is 2.16. The Kier molecular flexibility index (Phi) is 7.13. The molecule has 1 aromatic carbocycles. The van der Waals surface area contributed by atoms with Gasteiger partial charge in [0.25, 0.3) is 0 Å². The molecule has 0 unspecified atom stereocenters. The van der Waals surface area contributed by atoms with Crippen LogP contribution in [-0.2, 0) is 16.0 Å². The molecule has 0 radical (unpaired) electrons. The van der Waals surface area contributed by atoms with E-state index in [1.165, 1.54) is 0 Å². The zero-order valence-electron chi connectivity index (χ0n) is 11.9. The third-order valence-electron chi connectivity index (χ3n) is 2.76. The molecule has 110 valence electrons. The summed E-state index contributed by atoms with van der Waals surface area (Å²) in [5.41, 5.74) is 1.05. The van der Waals surface area contributed by atoms with Crippen molar-refractivity contribution in [2.45, 2.75) is 6.42 Å². The van der Waals surface area contributed by atoms with Crippen LogP contribution in [0.25, 0.3) is 0 Å². The van der Waals surface area contributed by atoms with Crippen molar-refractivity contribution in [2.24, 2.45) is 0 Å². The smallest absolute Gasteiger partial charge is 0.233 e. The largest absolute Gasteiger partial charge is 0.496 e. The molecule has 0 spiro atoms. The monoisotopic (exact) mass is 279 g/mol. The molecule has 3 N–H and O–H groups in total. The summed E-state index contributed by atoms with van der Waals surface area (Å²) >= 11 is 0. The minimum atomic E-state index is -0.146. The Bertz CT molecular complexity index is 449. The Morgan fingerprint density at radius 1 is 1.15 bits per heavy atom. The van der Waals surface area contributed by atoms with Crippen molar-refractivity contribution >= 4 is 11.8 Å². The van der Waals surface area contributed by atoms with Gasteiger partial charge in [-0.3, -0.25) is 14.9 Å². The summed E-state index contributed by atoms with van der Waals surface area (Å²) < 4.78 is 5.24. The fourth-order valence-electron chi connectivity index (χ4n) is 1.69. The number of benzene rings is 1. The molecule has 6 heteroatoms. The molecule has 1 rings (SSSR count). The van der Waals surface area contributed by atoms with Gasteiger partial charge in [0.1, 0.15) is 5.75 Å². The van der Waals surface area contributed by atoms with Gasteiger partial charge in [0, 0.05) is 13.6 Å². The summed E-state index contributed by atoms with van der Waals surface area (Å²) in [5, 5.41) is 8.01. The van der Waals surface area contributed by atoms with E-state index in [0.717, 1.165) is 11.3 Å². The van der Waals surface area contributed by atoms with E-state index in [-0.39, 0.29) is 24.9 Å². The Morgan fingerprint density at radius 3 is 2.55 bits per heavy atom. The number of nitrogens with one attached hydrogen (secondary N) is 3. The zero-order valence-corrected chi connectivity index (χ0v) is 11.9. The standard InChI is InChI=1S/C14H21N3O3/c1-15-13(18)9-16-10-14(19)17-8-7-11-5-3-4-6-12(11)20-2/h3-6,16H,7-10H2,1-2H3,(H,15,18)(H,17,19). The number of para-hydroxylation sites is 1. The molecule has 1 aromatic rings. The topological polar surface area (TPSA) is 79.5 Å². The van der Waals surface area contributed by atoms with Crippen molar-refractivity contribution in [3.05, 3.63) is 29.8 Å². The fraction of sp³-hybridized carbons (Fsp3) is 0.429. The number of likely N-dealkylation sites (N-methyl/N-ethyl adjacent to an activating group) is 1. The lowest BCUT2D eigenvalue weighted by atomic mass is 10.1. The number of ether oxygens (including phenoxy) is 1. The van der Waals surface area contributed by atoms with Gasteiger partial charge in [0.2, 0.25) is 11.8 Å². The second-order valence-corrected chi connectivity index (χ2v) is 4.19. The molecule has 0 aliphatic rings. The third kappa shape index (κ3) is 5.71. The molecule has 0 saturated heterocycles. The van der Waals surface area contributed by atoms with Gasteiger partial charge >= 0.3 is 0 Å². The molecule has 0 heterocycles. The first kappa shape index (κ1) is 16.0. The van der Waals surface area contributed by atoms with Crippen LogP contribution in [0.3, 0.4) is 0 Å². The second-order valence-electron chi connectivity index (χ2n) is 4.19. The predicted molar refractivity (Wildman–Crippen MR) is 76.6 cm³/mol. The average Bonchev–Trinajstić information content (AvgIpc) is 2.47. The Balaban J connectivity index is 2.23. The maximum absolute atomic E-state index is 11.5. The Labute approximate surface area is 118 Å². The maximum atomic E-state index is 11.5. The highest BCUT2D eigenvalue weighted by atomic mass is 16.5. The van der Waals surface area contributed by atoms with Gasteiger partial charge in [0.05, 0.1) is 20.2 Å². The summed E-state index contributed by atoms with van der Waals surface area (Å²) in [6.45, 7) is 0.788. The molecule has 0 aromatic heterocycles. The van der Waals surface area contributed by atoms with E-state index in [1.54, 1.807) is 14.2 Å². The quantitative estimate of drug-likeness (QED) is 0.610. The fourth-order valence-corrected chi connectivity index (χ4v) is 1.69. The predicted octanol–water partition coefficient (Wildman–Crippen LogP) is -0.310. The van der Waals surface area contributed by atoms with E-state index in [4.69, 9.17) is 4.74 Å². The first-order chi connectivity index (χ1) is 9.67. The summed E-state index contributed by atoms with van der Waals surface area (Å²) in [6.07, 6.45) is 0.700. The van der Waals surface area contributed by atoms with Crippen molar-refractivity contribution in [2.75, 3.05) is 33.8 Å². The zero-order chi connectivity index (χ0) is 14.8. The minimum absolute atomic E-state index is 0.124. The van der Waals surface area contributed by atoms with Gasteiger partial charge < -0.3 is 15.4 Å². The van der Waals surface area contributed by atoms with Crippen molar-refractivity contribution < 1.29 is 14.3 Å². The first-order valence-electron chi connectivity index (χ1n) is 6.47. The first-order valence-corrected chi connectivity index (χ1v) is 6.47. The van der Waals surface area contributed by atoms with Crippen LogP contribution in [0.15, 0.2) is 24.3 Å². The number of rotatable bonds is 8. The molecule has 0 aliphatic carbocycles. The number of amides is 2. The average molecular weight is 279 g/mol. The van der Waals surface area contributed by atoms with Crippen LogP contribution in [0.1, 0.15) is 5.56 Å². The molecule has 0 atom stereocenters. The second kappa shape index (κ2) is 8.92. The van der Waals surface area contributed by atoms with Crippen molar-refractivity contribution in [3.8, 4) is 5.75 Å². The van der Waals surface area contributed by atoms with E-state index in [1.807, 2.05) is 24.3 Å². The van der Waals surface area contributed by atoms with Crippen LogP contribution < -0.4 is 20.7 Å². The number of methoxy groups -OCH3 is 1. The number of hydrogen-bond donors (Lipinski definition) is 3. The van der Waals surface area contributed by atoms with E-state index in [9.17, 15) is 9.59 Å². The van der Waals surface area contributed by atoms with Crippen molar-refractivity contribution in [3.63, 3.8) is 0 Å². The van der Waals surface area contributed by atoms with Crippen LogP contribution in [0, 0.1) is 0 Å². The lowest BCUT2D eigenvalue weighted by Gasteiger charge is -2.09.